The summed E-state index contributed by atoms with van der Waals surface area (Å²) in [4.78, 5) is 39.6. The van der Waals surface area contributed by atoms with Gasteiger partial charge in [0.25, 0.3) is 5.91 Å². The van der Waals surface area contributed by atoms with E-state index in [-0.39, 0.29) is 29.5 Å². The Labute approximate surface area is 141 Å². The van der Waals surface area contributed by atoms with Crippen LogP contribution in [-0.4, -0.2) is 30.1 Å². The van der Waals surface area contributed by atoms with Gasteiger partial charge >= 0.3 is 5.97 Å². The number of aryl methyl sites for hydroxylation is 2. The second-order valence-electron chi connectivity index (χ2n) is 4.71. The van der Waals surface area contributed by atoms with Gasteiger partial charge in [0.2, 0.25) is 11.2 Å². The first-order valence-corrected chi connectivity index (χ1v) is 7.89. The largest absolute Gasteiger partial charge is 0.477 e. The van der Waals surface area contributed by atoms with E-state index in [2.05, 4.69) is 10.3 Å². The first kappa shape index (κ1) is 17.7. The van der Waals surface area contributed by atoms with Crippen molar-refractivity contribution in [3.8, 4) is 5.75 Å². The number of ether oxygens (including phenoxy) is 2. The van der Waals surface area contributed by atoms with Crippen LogP contribution in [0.15, 0.2) is 21.5 Å². The molecule has 2 aromatic rings. The molecule has 0 aromatic carbocycles. The lowest BCUT2D eigenvalue weighted by Crippen LogP contribution is -2.22. The lowest BCUT2D eigenvalue weighted by atomic mass is 10.4. The van der Waals surface area contributed by atoms with Gasteiger partial charge in [-0.25, -0.2) is 9.78 Å². The Morgan fingerprint density at radius 1 is 1.38 bits per heavy atom. The van der Waals surface area contributed by atoms with E-state index in [1.165, 1.54) is 6.07 Å². The highest BCUT2D eigenvalue weighted by Crippen LogP contribution is 2.23. The number of aromatic nitrogens is 1. The van der Waals surface area contributed by atoms with Gasteiger partial charge in [0.05, 0.1) is 12.3 Å². The third kappa shape index (κ3) is 4.42. The number of rotatable bonds is 6. The minimum Gasteiger partial charge on any atom is -0.477 e. The second-order valence-corrected chi connectivity index (χ2v) is 5.71. The van der Waals surface area contributed by atoms with Crippen LogP contribution in [-0.2, 0) is 9.53 Å². The van der Waals surface area contributed by atoms with Crippen LogP contribution in [0, 0.1) is 13.8 Å². The molecule has 9 heteroatoms. The van der Waals surface area contributed by atoms with Crippen molar-refractivity contribution in [2.24, 2.45) is 0 Å². The molecule has 24 heavy (non-hydrogen) atoms. The van der Waals surface area contributed by atoms with E-state index in [0.29, 0.717) is 16.3 Å². The smallest absolute Gasteiger partial charge is 0.350 e. The minimum absolute atomic E-state index is 0.0571. The van der Waals surface area contributed by atoms with Gasteiger partial charge in [-0.05, 0) is 20.8 Å². The molecule has 0 radical (unpaired) electrons. The molecule has 0 bridgehead atoms. The fourth-order valence-electron chi connectivity index (χ4n) is 1.73. The molecule has 0 unspecified atom stereocenters. The van der Waals surface area contributed by atoms with Crippen LogP contribution in [0.25, 0.3) is 0 Å². The van der Waals surface area contributed by atoms with Gasteiger partial charge in [-0.15, -0.1) is 0 Å². The molecule has 0 aliphatic carbocycles. The van der Waals surface area contributed by atoms with E-state index in [9.17, 15) is 14.4 Å². The van der Waals surface area contributed by atoms with Crippen LogP contribution in [0.2, 0.25) is 0 Å². The Hall–Kier alpha value is -2.68. The number of hydrogen-bond acceptors (Lipinski definition) is 8. The summed E-state index contributed by atoms with van der Waals surface area (Å²) in [6.45, 7) is 4.85. The molecule has 2 aromatic heterocycles. The van der Waals surface area contributed by atoms with Crippen LogP contribution < -0.4 is 15.5 Å². The van der Waals surface area contributed by atoms with E-state index in [1.54, 1.807) is 20.8 Å². The quantitative estimate of drug-likeness (QED) is 0.791. The highest BCUT2D eigenvalue weighted by atomic mass is 32.1. The van der Waals surface area contributed by atoms with Crippen molar-refractivity contribution < 1.29 is 23.5 Å². The topological polar surface area (TPSA) is 108 Å². The third-order valence-electron chi connectivity index (χ3n) is 2.79. The van der Waals surface area contributed by atoms with Crippen molar-refractivity contribution in [3.05, 3.63) is 38.9 Å². The molecule has 0 atom stereocenters. The summed E-state index contributed by atoms with van der Waals surface area (Å²) >= 11 is 1.01. The van der Waals surface area contributed by atoms with Gasteiger partial charge in [-0.1, -0.05) is 11.3 Å². The van der Waals surface area contributed by atoms with Crippen LogP contribution in [0.1, 0.15) is 28.0 Å². The second kappa shape index (κ2) is 7.73. The summed E-state index contributed by atoms with van der Waals surface area (Å²) in [6.07, 6.45) is 1.15. The minimum atomic E-state index is -0.515. The van der Waals surface area contributed by atoms with Gasteiger partial charge in [0.1, 0.15) is 16.9 Å². The standard InChI is InChI=1S/C15H16N2O6S/c1-4-21-14(20)13-9(3)16-15(24-13)17-12(19)7-23-11-6-22-8(2)5-10(11)18/h5-6H,4,7H2,1-3H3,(H,16,17,19). The summed E-state index contributed by atoms with van der Waals surface area (Å²) < 4.78 is 15.1. The monoisotopic (exact) mass is 352 g/mol. The summed E-state index contributed by atoms with van der Waals surface area (Å²) in [7, 11) is 0. The number of amides is 1. The number of carbonyl (C=O) groups is 2. The number of carbonyl (C=O) groups excluding carboxylic acids is 2. The predicted octanol–water partition coefficient (Wildman–Crippen LogP) is 1.91. The molecule has 0 saturated carbocycles. The molecule has 1 N–H and O–H groups in total. The zero-order valence-corrected chi connectivity index (χ0v) is 14.2. The van der Waals surface area contributed by atoms with Crippen molar-refractivity contribution in [2.45, 2.75) is 20.8 Å². The number of esters is 1. The van der Waals surface area contributed by atoms with Crippen molar-refractivity contribution in [1.82, 2.24) is 4.98 Å². The number of thiazole rings is 1. The molecule has 128 valence electrons. The average Bonchev–Trinajstić information content (AvgIpc) is 2.87. The molecular weight excluding hydrogens is 336 g/mol. The first-order chi connectivity index (χ1) is 11.4. The molecule has 0 aliphatic heterocycles. The normalized spacial score (nSPS) is 10.3. The SMILES string of the molecule is CCOC(=O)c1sc(NC(=O)COc2coc(C)cc2=O)nc1C. The average molecular weight is 352 g/mol. The fraction of sp³-hybridized carbons (Fsp3) is 0.333. The maximum Gasteiger partial charge on any atom is 0.350 e. The fourth-order valence-corrected chi connectivity index (χ4v) is 2.61. The van der Waals surface area contributed by atoms with Crippen molar-refractivity contribution in [2.75, 3.05) is 18.5 Å². The Kier molecular flexibility index (Phi) is 5.69. The zero-order valence-electron chi connectivity index (χ0n) is 13.4. The Morgan fingerprint density at radius 2 is 2.12 bits per heavy atom. The van der Waals surface area contributed by atoms with Crippen LogP contribution in [0.5, 0.6) is 5.75 Å². The molecule has 0 spiro atoms. The number of hydrogen-bond donors (Lipinski definition) is 1. The molecule has 2 heterocycles. The van der Waals surface area contributed by atoms with Crippen LogP contribution in [0.3, 0.4) is 0 Å². The molecular formula is C15H16N2O6S. The van der Waals surface area contributed by atoms with Gasteiger partial charge in [-0.2, -0.15) is 0 Å². The van der Waals surface area contributed by atoms with Crippen molar-refractivity contribution in [1.29, 1.82) is 0 Å². The Morgan fingerprint density at radius 3 is 2.79 bits per heavy atom. The molecule has 0 fully saturated rings. The highest BCUT2D eigenvalue weighted by Gasteiger charge is 2.17. The van der Waals surface area contributed by atoms with E-state index in [0.717, 1.165) is 17.6 Å². The number of anilines is 1. The molecule has 0 aliphatic rings. The van der Waals surface area contributed by atoms with E-state index in [4.69, 9.17) is 13.9 Å². The van der Waals surface area contributed by atoms with Gasteiger partial charge in [0, 0.05) is 6.07 Å². The summed E-state index contributed by atoms with van der Waals surface area (Å²) in [6, 6.07) is 1.27. The lowest BCUT2D eigenvalue weighted by molar-refractivity contribution is -0.118. The van der Waals surface area contributed by atoms with Gasteiger partial charge < -0.3 is 13.9 Å². The number of nitrogens with one attached hydrogen (secondary N) is 1. The number of nitrogens with zero attached hydrogens (tertiary/aromatic N) is 1. The lowest BCUT2D eigenvalue weighted by Gasteiger charge is -2.04. The van der Waals surface area contributed by atoms with E-state index < -0.39 is 11.9 Å². The van der Waals surface area contributed by atoms with Crippen LogP contribution >= 0.6 is 11.3 Å². The Bertz CT molecular complexity index is 811. The Balaban J connectivity index is 1.96. The zero-order chi connectivity index (χ0) is 17.7. The van der Waals surface area contributed by atoms with Gasteiger partial charge in [0.15, 0.2) is 11.7 Å². The van der Waals surface area contributed by atoms with Crippen molar-refractivity contribution in [3.63, 3.8) is 0 Å². The summed E-state index contributed by atoms with van der Waals surface area (Å²) in [5.41, 5.74) is 0.0927. The third-order valence-corrected chi connectivity index (χ3v) is 3.84. The van der Waals surface area contributed by atoms with E-state index >= 15 is 0 Å². The molecule has 0 saturated heterocycles. The molecule has 2 rings (SSSR count). The maximum absolute atomic E-state index is 11.9. The maximum atomic E-state index is 11.9. The van der Waals surface area contributed by atoms with Crippen molar-refractivity contribution >= 4 is 28.3 Å². The molecule has 1 amide bonds. The first-order valence-electron chi connectivity index (χ1n) is 7.07. The predicted molar refractivity (Wildman–Crippen MR) is 86.6 cm³/mol. The molecule has 8 nitrogen and oxygen atoms in total. The summed E-state index contributed by atoms with van der Waals surface area (Å²) in [5.74, 6) is -0.611. The summed E-state index contributed by atoms with van der Waals surface area (Å²) in [5, 5.41) is 2.75. The highest BCUT2D eigenvalue weighted by molar-refractivity contribution is 7.17. The van der Waals surface area contributed by atoms with E-state index in [1.807, 2.05) is 0 Å². The van der Waals surface area contributed by atoms with Gasteiger partial charge in [-0.3, -0.25) is 14.9 Å². The van der Waals surface area contributed by atoms with Crippen LogP contribution in [0.4, 0.5) is 5.13 Å².